The second-order valence-electron chi connectivity index (χ2n) is 5.60. The Balaban J connectivity index is 1.54. The van der Waals surface area contributed by atoms with Crippen molar-refractivity contribution in [1.82, 2.24) is 10.3 Å². The number of thiocarbonyl (C=S) groups is 1. The molecule has 2 aliphatic carbocycles. The first-order valence-corrected chi connectivity index (χ1v) is 7.12. The van der Waals surface area contributed by atoms with Gasteiger partial charge in [-0.2, -0.15) is 0 Å². The molecule has 2 fully saturated rings. The Kier molecular flexibility index (Phi) is 3.20. The van der Waals surface area contributed by atoms with E-state index in [1.807, 2.05) is 25.3 Å². The number of pyridine rings is 1. The highest BCUT2D eigenvalue weighted by molar-refractivity contribution is 7.80. The molecular weight excluding hydrogens is 242 g/mol. The van der Waals surface area contributed by atoms with Crippen LogP contribution in [-0.4, -0.2) is 16.1 Å². The van der Waals surface area contributed by atoms with E-state index in [0.717, 1.165) is 23.2 Å². The third kappa shape index (κ3) is 2.48. The molecule has 96 valence electrons. The molecule has 1 aromatic heterocycles. The Morgan fingerprint density at radius 3 is 2.83 bits per heavy atom. The number of nitrogens with zero attached hydrogens (tertiary/aromatic N) is 1. The van der Waals surface area contributed by atoms with Crippen molar-refractivity contribution < 1.29 is 0 Å². The summed E-state index contributed by atoms with van der Waals surface area (Å²) in [5.41, 5.74) is 1.16. The SMILES string of the molecule is Cc1ccc(NC(=S)N[C@@H]2C[C@H]3CC[C@H]2C3)nc1. The van der Waals surface area contributed by atoms with Gasteiger partial charge in [0.1, 0.15) is 5.82 Å². The largest absolute Gasteiger partial charge is 0.359 e. The van der Waals surface area contributed by atoms with Crippen LogP contribution in [-0.2, 0) is 0 Å². The summed E-state index contributed by atoms with van der Waals surface area (Å²) >= 11 is 5.36. The number of anilines is 1. The summed E-state index contributed by atoms with van der Waals surface area (Å²) in [6.07, 6.45) is 7.32. The molecule has 0 unspecified atom stereocenters. The number of aromatic nitrogens is 1. The highest BCUT2D eigenvalue weighted by Crippen LogP contribution is 2.44. The average Bonchev–Trinajstić information content (AvgIpc) is 2.94. The summed E-state index contributed by atoms with van der Waals surface area (Å²) < 4.78 is 0. The molecule has 1 heterocycles. The Morgan fingerprint density at radius 2 is 2.22 bits per heavy atom. The van der Waals surface area contributed by atoms with Crippen molar-refractivity contribution in [3.05, 3.63) is 23.9 Å². The molecule has 3 nitrogen and oxygen atoms in total. The van der Waals surface area contributed by atoms with Gasteiger partial charge in [-0.3, -0.25) is 0 Å². The van der Waals surface area contributed by atoms with E-state index in [2.05, 4.69) is 15.6 Å². The molecule has 0 aromatic carbocycles. The molecule has 3 atom stereocenters. The smallest absolute Gasteiger partial charge is 0.172 e. The van der Waals surface area contributed by atoms with E-state index in [1.54, 1.807) is 0 Å². The maximum Gasteiger partial charge on any atom is 0.172 e. The summed E-state index contributed by atoms with van der Waals surface area (Å²) in [7, 11) is 0. The van der Waals surface area contributed by atoms with Crippen molar-refractivity contribution in [2.45, 2.75) is 38.6 Å². The van der Waals surface area contributed by atoms with Crippen LogP contribution in [0, 0.1) is 18.8 Å². The Labute approximate surface area is 113 Å². The van der Waals surface area contributed by atoms with Gasteiger partial charge in [0.25, 0.3) is 0 Å². The third-order valence-electron chi connectivity index (χ3n) is 4.21. The van der Waals surface area contributed by atoms with E-state index in [-0.39, 0.29) is 0 Å². The Hall–Kier alpha value is -1.16. The van der Waals surface area contributed by atoms with Crippen LogP contribution in [0.2, 0.25) is 0 Å². The Morgan fingerprint density at radius 1 is 1.33 bits per heavy atom. The minimum absolute atomic E-state index is 0.578. The lowest BCUT2D eigenvalue weighted by atomic mass is 9.96. The minimum Gasteiger partial charge on any atom is -0.359 e. The fourth-order valence-corrected chi connectivity index (χ4v) is 3.54. The van der Waals surface area contributed by atoms with Gasteiger partial charge in [-0.1, -0.05) is 12.5 Å². The van der Waals surface area contributed by atoms with Crippen LogP contribution in [0.25, 0.3) is 0 Å². The predicted octanol–water partition coefficient (Wildman–Crippen LogP) is 2.87. The molecule has 1 aromatic rings. The summed E-state index contributed by atoms with van der Waals surface area (Å²) in [5.74, 6) is 2.59. The maximum atomic E-state index is 5.36. The minimum atomic E-state index is 0.578. The van der Waals surface area contributed by atoms with E-state index in [1.165, 1.54) is 25.7 Å². The topological polar surface area (TPSA) is 37.0 Å². The first-order valence-electron chi connectivity index (χ1n) is 6.71. The molecule has 2 aliphatic rings. The van der Waals surface area contributed by atoms with Gasteiger partial charge in [0.15, 0.2) is 5.11 Å². The van der Waals surface area contributed by atoms with Crippen molar-refractivity contribution in [3.63, 3.8) is 0 Å². The van der Waals surface area contributed by atoms with Gasteiger partial charge in [-0.05, 0) is 61.9 Å². The summed E-state index contributed by atoms with van der Waals surface area (Å²) in [6.45, 7) is 2.03. The molecule has 0 amide bonds. The second kappa shape index (κ2) is 4.84. The molecule has 2 N–H and O–H groups in total. The van der Waals surface area contributed by atoms with Crippen LogP contribution in [0.15, 0.2) is 18.3 Å². The van der Waals surface area contributed by atoms with Crippen molar-refractivity contribution >= 4 is 23.1 Å². The van der Waals surface area contributed by atoms with Gasteiger partial charge in [0, 0.05) is 12.2 Å². The lowest BCUT2D eigenvalue weighted by molar-refractivity contribution is 0.392. The highest BCUT2D eigenvalue weighted by atomic mass is 32.1. The van der Waals surface area contributed by atoms with Crippen molar-refractivity contribution in [3.8, 4) is 0 Å². The van der Waals surface area contributed by atoms with E-state index in [9.17, 15) is 0 Å². The molecule has 18 heavy (non-hydrogen) atoms. The summed E-state index contributed by atoms with van der Waals surface area (Å²) in [5, 5.41) is 7.33. The standard InChI is InChI=1S/C14H19N3S/c1-9-2-5-13(15-8-9)17-14(18)16-12-7-10-3-4-11(12)6-10/h2,5,8,10-12H,3-4,6-7H2,1H3,(H2,15,16,17,18)/t10-,11-,12+/m0/s1. The van der Waals surface area contributed by atoms with Crippen LogP contribution >= 0.6 is 12.2 Å². The monoisotopic (exact) mass is 261 g/mol. The summed E-state index contributed by atoms with van der Waals surface area (Å²) in [4.78, 5) is 4.30. The van der Waals surface area contributed by atoms with E-state index in [0.29, 0.717) is 11.2 Å². The van der Waals surface area contributed by atoms with Gasteiger partial charge >= 0.3 is 0 Å². The lowest BCUT2D eigenvalue weighted by Gasteiger charge is -2.24. The zero-order chi connectivity index (χ0) is 12.5. The number of nitrogens with one attached hydrogen (secondary N) is 2. The maximum absolute atomic E-state index is 5.36. The molecule has 3 rings (SSSR count). The molecule has 0 radical (unpaired) electrons. The van der Waals surface area contributed by atoms with E-state index >= 15 is 0 Å². The lowest BCUT2D eigenvalue weighted by Crippen LogP contribution is -2.40. The number of aryl methyl sites for hydroxylation is 1. The number of fused-ring (bicyclic) bond motifs is 2. The summed E-state index contributed by atoms with van der Waals surface area (Å²) in [6, 6.07) is 4.58. The molecule has 2 saturated carbocycles. The molecule has 0 saturated heterocycles. The fourth-order valence-electron chi connectivity index (χ4n) is 3.28. The average molecular weight is 261 g/mol. The van der Waals surface area contributed by atoms with Crippen LogP contribution in [0.5, 0.6) is 0 Å². The number of hydrogen-bond acceptors (Lipinski definition) is 2. The van der Waals surface area contributed by atoms with Crippen LogP contribution in [0.3, 0.4) is 0 Å². The van der Waals surface area contributed by atoms with Crippen LogP contribution in [0.4, 0.5) is 5.82 Å². The first kappa shape index (κ1) is 11.9. The second-order valence-corrected chi connectivity index (χ2v) is 6.01. The molecule has 4 heteroatoms. The van der Waals surface area contributed by atoms with Crippen LogP contribution in [0.1, 0.15) is 31.2 Å². The zero-order valence-electron chi connectivity index (χ0n) is 10.6. The molecule has 0 spiro atoms. The highest BCUT2D eigenvalue weighted by Gasteiger charge is 2.39. The van der Waals surface area contributed by atoms with Gasteiger partial charge in [-0.25, -0.2) is 4.98 Å². The number of hydrogen-bond donors (Lipinski definition) is 2. The molecule has 0 aliphatic heterocycles. The van der Waals surface area contributed by atoms with E-state index < -0.39 is 0 Å². The van der Waals surface area contributed by atoms with Crippen molar-refractivity contribution in [2.75, 3.05) is 5.32 Å². The third-order valence-corrected chi connectivity index (χ3v) is 4.43. The Bertz CT molecular complexity index is 443. The van der Waals surface area contributed by atoms with Crippen LogP contribution < -0.4 is 10.6 Å². The molecular formula is C14H19N3S. The van der Waals surface area contributed by atoms with E-state index in [4.69, 9.17) is 12.2 Å². The van der Waals surface area contributed by atoms with Gasteiger partial charge in [0.2, 0.25) is 0 Å². The van der Waals surface area contributed by atoms with Gasteiger partial charge < -0.3 is 10.6 Å². The fraction of sp³-hybridized carbons (Fsp3) is 0.571. The number of rotatable bonds is 2. The van der Waals surface area contributed by atoms with Crippen molar-refractivity contribution in [2.24, 2.45) is 11.8 Å². The molecule has 2 bridgehead atoms. The predicted molar refractivity (Wildman–Crippen MR) is 77.6 cm³/mol. The first-order chi connectivity index (χ1) is 8.70. The zero-order valence-corrected chi connectivity index (χ0v) is 11.5. The van der Waals surface area contributed by atoms with Crippen molar-refractivity contribution in [1.29, 1.82) is 0 Å². The quantitative estimate of drug-likeness (QED) is 0.803. The van der Waals surface area contributed by atoms with Gasteiger partial charge in [-0.15, -0.1) is 0 Å². The normalized spacial score (nSPS) is 29.3. The van der Waals surface area contributed by atoms with Gasteiger partial charge in [0.05, 0.1) is 0 Å².